The number of rotatable bonds is 4. The Kier molecular flexibility index (Phi) is 4.27. The highest BCUT2D eigenvalue weighted by Gasteiger charge is 2.61. The fourth-order valence-electron chi connectivity index (χ4n) is 2.34. The molecule has 1 amide bonds. The number of halogens is 2. The highest BCUT2D eigenvalue weighted by molar-refractivity contribution is 7.94. The van der Waals surface area contributed by atoms with Crippen LogP contribution >= 0.6 is 23.2 Å². The van der Waals surface area contributed by atoms with Crippen molar-refractivity contribution in [3.8, 4) is 0 Å². The minimum absolute atomic E-state index is 0.0524. The molecular formula is C15H13Cl2N3O3S. The van der Waals surface area contributed by atoms with E-state index in [0.29, 0.717) is 0 Å². The molecule has 1 aromatic heterocycles. The molecule has 1 heterocycles. The molecule has 6 nitrogen and oxygen atoms in total. The lowest BCUT2D eigenvalue weighted by Gasteiger charge is -2.16. The summed E-state index contributed by atoms with van der Waals surface area (Å²) in [6, 6.07) is 7.71. The van der Waals surface area contributed by atoms with Crippen LogP contribution in [0.2, 0.25) is 10.3 Å². The molecular weight excluding hydrogens is 373 g/mol. The van der Waals surface area contributed by atoms with E-state index in [9.17, 15) is 13.2 Å². The fourth-order valence-corrected chi connectivity index (χ4v) is 4.64. The van der Waals surface area contributed by atoms with Crippen LogP contribution in [-0.4, -0.2) is 29.0 Å². The smallest absolute Gasteiger partial charge is 0.248 e. The SMILES string of the molecule is Cc1ccc(S(=O)(=O)C2(C(=O)Nc3nc(Cl)cc(Cl)n3)CC2)cc1. The van der Waals surface area contributed by atoms with Crippen molar-refractivity contribution >= 4 is 44.9 Å². The van der Waals surface area contributed by atoms with Crippen LogP contribution in [0.5, 0.6) is 0 Å². The van der Waals surface area contributed by atoms with Gasteiger partial charge in [-0.2, -0.15) is 0 Å². The summed E-state index contributed by atoms with van der Waals surface area (Å²) in [5.41, 5.74) is 0.935. The molecule has 0 atom stereocenters. The first kappa shape index (κ1) is 17.1. The van der Waals surface area contributed by atoms with Gasteiger partial charge in [0.15, 0.2) is 14.6 Å². The fraction of sp³-hybridized carbons (Fsp3) is 0.267. The molecule has 1 fully saturated rings. The average molecular weight is 386 g/mol. The maximum absolute atomic E-state index is 12.8. The minimum Gasteiger partial charge on any atom is -0.293 e. The highest BCUT2D eigenvalue weighted by atomic mass is 35.5. The number of nitrogens with one attached hydrogen (secondary N) is 1. The van der Waals surface area contributed by atoms with Crippen LogP contribution in [0, 0.1) is 6.92 Å². The number of aryl methyl sites for hydroxylation is 1. The zero-order valence-electron chi connectivity index (χ0n) is 12.6. The molecule has 126 valence electrons. The van der Waals surface area contributed by atoms with E-state index >= 15 is 0 Å². The van der Waals surface area contributed by atoms with Crippen molar-refractivity contribution in [1.82, 2.24) is 9.97 Å². The third kappa shape index (κ3) is 2.99. The molecule has 0 radical (unpaired) electrons. The van der Waals surface area contributed by atoms with Gasteiger partial charge in [-0.15, -0.1) is 0 Å². The number of benzene rings is 1. The van der Waals surface area contributed by atoms with Gasteiger partial charge in [0.2, 0.25) is 11.9 Å². The van der Waals surface area contributed by atoms with E-state index in [2.05, 4.69) is 15.3 Å². The highest BCUT2D eigenvalue weighted by Crippen LogP contribution is 2.47. The van der Waals surface area contributed by atoms with Gasteiger partial charge in [-0.25, -0.2) is 18.4 Å². The van der Waals surface area contributed by atoms with E-state index in [1.807, 2.05) is 6.92 Å². The standard InChI is InChI=1S/C15H13Cl2N3O3S/c1-9-2-4-10(5-3-9)24(22,23)15(6-7-15)13(21)20-14-18-11(16)8-12(17)19-14/h2-5,8H,6-7H2,1H3,(H,18,19,20,21). The van der Waals surface area contributed by atoms with Crippen LogP contribution in [0.3, 0.4) is 0 Å². The Bertz CT molecular complexity index is 890. The molecule has 0 aliphatic heterocycles. The lowest BCUT2D eigenvalue weighted by atomic mass is 10.2. The van der Waals surface area contributed by atoms with E-state index in [-0.39, 0.29) is 34.0 Å². The van der Waals surface area contributed by atoms with Crippen LogP contribution in [0.4, 0.5) is 5.95 Å². The molecule has 9 heteroatoms. The number of anilines is 1. The summed E-state index contributed by atoms with van der Waals surface area (Å²) in [7, 11) is -3.82. The van der Waals surface area contributed by atoms with Crippen molar-refractivity contribution in [1.29, 1.82) is 0 Å². The summed E-state index contributed by atoms with van der Waals surface area (Å²) in [6.45, 7) is 1.86. The molecule has 0 saturated heterocycles. The number of amides is 1. The van der Waals surface area contributed by atoms with Crippen LogP contribution in [0.1, 0.15) is 18.4 Å². The second-order valence-electron chi connectivity index (χ2n) is 5.60. The predicted molar refractivity (Wildman–Crippen MR) is 91.0 cm³/mol. The number of carbonyl (C=O) groups is 1. The largest absolute Gasteiger partial charge is 0.293 e. The van der Waals surface area contributed by atoms with Gasteiger partial charge in [-0.3, -0.25) is 10.1 Å². The summed E-state index contributed by atoms with van der Waals surface area (Å²) in [4.78, 5) is 20.3. The van der Waals surface area contributed by atoms with E-state index < -0.39 is 20.5 Å². The van der Waals surface area contributed by atoms with Gasteiger partial charge in [-0.1, -0.05) is 40.9 Å². The van der Waals surface area contributed by atoms with Gasteiger partial charge in [0.05, 0.1) is 4.90 Å². The Hall–Kier alpha value is -1.70. The number of carbonyl (C=O) groups excluding carboxylic acids is 1. The summed E-state index contributed by atoms with van der Waals surface area (Å²) in [5.74, 6) is -0.802. The Labute approximate surface area is 149 Å². The Morgan fingerprint density at radius 3 is 2.17 bits per heavy atom. The topological polar surface area (TPSA) is 89.0 Å². The molecule has 0 unspecified atom stereocenters. The Morgan fingerprint density at radius 2 is 1.67 bits per heavy atom. The van der Waals surface area contributed by atoms with Gasteiger partial charge >= 0.3 is 0 Å². The number of sulfone groups is 1. The maximum atomic E-state index is 12.8. The molecule has 1 aliphatic rings. The molecule has 1 saturated carbocycles. The normalized spacial score (nSPS) is 15.8. The summed E-state index contributed by atoms with van der Waals surface area (Å²) < 4.78 is 24.2. The predicted octanol–water partition coefficient (Wildman–Crippen LogP) is 3.04. The Morgan fingerprint density at radius 1 is 1.12 bits per heavy atom. The van der Waals surface area contributed by atoms with Crippen molar-refractivity contribution in [2.24, 2.45) is 0 Å². The lowest BCUT2D eigenvalue weighted by molar-refractivity contribution is -0.116. The van der Waals surface area contributed by atoms with Gasteiger partial charge in [0, 0.05) is 6.07 Å². The van der Waals surface area contributed by atoms with Crippen molar-refractivity contribution in [3.63, 3.8) is 0 Å². The molecule has 24 heavy (non-hydrogen) atoms. The molecule has 1 aliphatic carbocycles. The maximum Gasteiger partial charge on any atom is 0.248 e. The molecule has 0 spiro atoms. The number of hydrogen-bond donors (Lipinski definition) is 1. The van der Waals surface area contributed by atoms with Gasteiger partial charge < -0.3 is 0 Å². The van der Waals surface area contributed by atoms with Crippen molar-refractivity contribution < 1.29 is 13.2 Å². The summed E-state index contributed by atoms with van der Waals surface area (Å²) in [6.07, 6.45) is 0.479. The average Bonchev–Trinajstić information content (AvgIpc) is 3.28. The molecule has 3 rings (SSSR count). The first-order valence-electron chi connectivity index (χ1n) is 7.07. The van der Waals surface area contributed by atoms with E-state index in [1.165, 1.54) is 18.2 Å². The molecule has 0 bridgehead atoms. The van der Waals surface area contributed by atoms with Crippen LogP contribution in [0.25, 0.3) is 0 Å². The molecule has 2 aromatic rings. The van der Waals surface area contributed by atoms with E-state index in [1.54, 1.807) is 12.1 Å². The zero-order chi connectivity index (χ0) is 17.5. The van der Waals surface area contributed by atoms with Gasteiger partial charge in [0.25, 0.3) is 0 Å². The van der Waals surface area contributed by atoms with Crippen molar-refractivity contribution in [3.05, 3.63) is 46.2 Å². The number of hydrogen-bond acceptors (Lipinski definition) is 5. The van der Waals surface area contributed by atoms with E-state index in [0.717, 1.165) is 5.56 Å². The first-order chi connectivity index (χ1) is 11.2. The number of aromatic nitrogens is 2. The molecule has 1 aromatic carbocycles. The van der Waals surface area contributed by atoms with Crippen LogP contribution in [0.15, 0.2) is 35.2 Å². The second-order valence-corrected chi connectivity index (χ2v) is 8.64. The number of nitrogens with zero attached hydrogens (tertiary/aromatic N) is 2. The third-order valence-electron chi connectivity index (χ3n) is 3.85. The summed E-state index contributed by atoms with van der Waals surface area (Å²) >= 11 is 11.5. The van der Waals surface area contributed by atoms with E-state index in [4.69, 9.17) is 23.2 Å². The second kappa shape index (κ2) is 5.98. The van der Waals surface area contributed by atoms with Gasteiger partial charge in [-0.05, 0) is 31.9 Å². The monoisotopic (exact) mass is 385 g/mol. The zero-order valence-corrected chi connectivity index (χ0v) is 14.9. The van der Waals surface area contributed by atoms with Crippen molar-refractivity contribution in [2.75, 3.05) is 5.32 Å². The quantitative estimate of drug-likeness (QED) is 0.816. The van der Waals surface area contributed by atoms with Crippen molar-refractivity contribution in [2.45, 2.75) is 29.4 Å². The van der Waals surface area contributed by atoms with Gasteiger partial charge in [0.1, 0.15) is 10.3 Å². The first-order valence-corrected chi connectivity index (χ1v) is 9.31. The minimum atomic E-state index is -3.82. The third-order valence-corrected chi connectivity index (χ3v) is 6.76. The summed E-state index contributed by atoms with van der Waals surface area (Å²) in [5, 5.41) is 2.51. The Balaban J connectivity index is 1.90. The van der Waals surface area contributed by atoms with Crippen LogP contribution < -0.4 is 5.32 Å². The lowest BCUT2D eigenvalue weighted by Crippen LogP contribution is -2.38. The molecule has 1 N–H and O–H groups in total. The van der Waals surface area contributed by atoms with Crippen LogP contribution in [-0.2, 0) is 14.6 Å².